The molecule has 0 saturated heterocycles. The standard InChI is InChI=1S/C22H24N6OS/c1-14-6-7-17(12-15(14)2)28-19(16-8-10-23-11-9-16)25-26-21(28)30-13-18-24-20(27-29-18)22(3,4)5/h6-12H,13H2,1-5H3. The number of pyridine rings is 1. The van der Waals surface area contributed by atoms with Gasteiger partial charge in [-0.2, -0.15) is 4.98 Å². The van der Waals surface area contributed by atoms with Gasteiger partial charge in [-0.05, 0) is 49.2 Å². The first-order chi connectivity index (χ1) is 14.3. The van der Waals surface area contributed by atoms with Crippen molar-refractivity contribution in [2.24, 2.45) is 0 Å². The maximum absolute atomic E-state index is 5.44. The van der Waals surface area contributed by atoms with E-state index < -0.39 is 0 Å². The van der Waals surface area contributed by atoms with Crippen LogP contribution in [0.25, 0.3) is 17.1 Å². The zero-order valence-corrected chi connectivity index (χ0v) is 18.6. The smallest absolute Gasteiger partial charge is 0.237 e. The van der Waals surface area contributed by atoms with Crippen LogP contribution in [0.5, 0.6) is 0 Å². The van der Waals surface area contributed by atoms with Gasteiger partial charge in [0.05, 0.1) is 11.4 Å². The van der Waals surface area contributed by atoms with Gasteiger partial charge < -0.3 is 4.52 Å². The zero-order valence-electron chi connectivity index (χ0n) is 17.7. The summed E-state index contributed by atoms with van der Waals surface area (Å²) in [6.45, 7) is 10.4. The van der Waals surface area contributed by atoms with Crippen LogP contribution in [0.4, 0.5) is 0 Å². The molecule has 0 spiro atoms. The average Bonchev–Trinajstić information content (AvgIpc) is 3.36. The first-order valence-corrected chi connectivity index (χ1v) is 10.7. The minimum atomic E-state index is -0.152. The second-order valence-corrected chi connectivity index (χ2v) is 9.14. The molecule has 0 amide bonds. The Bertz CT molecular complexity index is 1160. The normalized spacial score (nSPS) is 11.8. The molecule has 154 valence electrons. The Hall–Kier alpha value is -3.00. The van der Waals surface area contributed by atoms with Crippen molar-refractivity contribution in [1.82, 2.24) is 29.9 Å². The predicted molar refractivity (Wildman–Crippen MR) is 117 cm³/mol. The number of benzene rings is 1. The highest BCUT2D eigenvalue weighted by atomic mass is 32.2. The van der Waals surface area contributed by atoms with Crippen molar-refractivity contribution >= 4 is 11.8 Å². The van der Waals surface area contributed by atoms with E-state index in [-0.39, 0.29) is 5.41 Å². The number of rotatable bonds is 5. The molecule has 0 aliphatic heterocycles. The van der Waals surface area contributed by atoms with Crippen molar-refractivity contribution in [3.63, 3.8) is 0 Å². The largest absolute Gasteiger partial charge is 0.338 e. The molecule has 0 saturated carbocycles. The first kappa shape index (κ1) is 20.3. The van der Waals surface area contributed by atoms with Crippen molar-refractivity contribution in [2.45, 2.75) is 50.9 Å². The lowest BCUT2D eigenvalue weighted by Crippen LogP contribution is -2.13. The molecule has 0 atom stereocenters. The summed E-state index contributed by atoms with van der Waals surface area (Å²) in [5.74, 6) is 2.56. The second kappa shape index (κ2) is 8.02. The minimum Gasteiger partial charge on any atom is -0.338 e. The molecule has 1 aromatic carbocycles. The molecule has 3 aromatic heterocycles. The number of thioether (sulfide) groups is 1. The third-order valence-corrected chi connectivity index (χ3v) is 5.70. The molecule has 4 rings (SSSR count). The molecule has 3 heterocycles. The first-order valence-electron chi connectivity index (χ1n) is 9.72. The van der Waals surface area contributed by atoms with Crippen molar-refractivity contribution in [2.75, 3.05) is 0 Å². The van der Waals surface area contributed by atoms with Gasteiger partial charge in [-0.1, -0.05) is 43.8 Å². The highest BCUT2D eigenvalue weighted by Crippen LogP contribution is 2.30. The molecule has 0 radical (unpaired) electrons. The van der Waals surface area contributed by atoms with Crippen LogP contribution in [0.15, 0.2) is 52.4 Å². The van der Waals surface area contributed by atoms with Gasteiger partial charge in [-0.25, -0.2) is 0 Å². The summed E-state index contributed by atoms with van der Waals surface area (Å²) < 4.78 is 7.50. The Morgan fingerprint density at radius 2 is 1.77 bits per heavy atom. The van der Waals surface area contributed by atoms with Crippen LogP contribution in [0.2, 0.25) is 0 Å². The summed E-state index contributed by atoms with van der Waals surface area (Å²) in [7, 11) is 0. The molecule has 8 heteroatoms. The van der Waals surface area contributed by atoms with Gasteiger partial charge in [-0.15, -0.1) is 10.2 Å². The summed E-state index contributed by atoms with van der Waals surface area (Å²) in [6, 6.07) is 10.2. The number of aromatic nitrogens is 6. The third-order valence-electron chi connectivity index (χ3n) is 4.78. The van der Waals surface area contributed by atoms with Crippen LogP contribution >= 0.6 is 11.8 Å². The Balaban J connectivity index is 1.70. The summed E-state index contributed by atoms with van der Waals surface area (Å²) in [5, 5.41) is 13.8. The van der Waals surface area contributed by atoms with Crippen LogP contribution < -0.4 is 0 Å². The highest BCUT2D eigenvalue weighted by molar-refractivity contribution is 7.98. The van der Waals surface area contributed by atoms with Gasteiger partial charge in [0.15, 0.2) is 16.8 Å². The van der Waals surface area contributed by atoms with Crippen molar-refractivity contribution in [3.05, 3.63) is 65.6 Å². The summed E-state index contributed by atoms with van der Waals surface area (Å²) in [5.41, 5.74) is 4.27. The quantitative estimate of drug-likeness (QED) is 0.424. The molecular weight excluding hydrogens is 396 g/mol. The van der Waals surface area contributed by atoms with Crippen LogP contribution in [-0.2, 0) is 11.2 Å². The van der Waals surface area contributed by atoms with Gasteiger partial charge in [-0.3, -0.25) is 9.55 Å². The fourth-order valence-electron chi connectivity index (χ4n) is 2.89. The van der Waals surface area contributed by atoms with E-state index in [0.717, 1.165) is 22.2 Å². The average molecular weight is 421 g/mol. The van der Waals surface area contributed by atoms with Gasteiger partial charge in [0.2, 0.25) is 5.89 Å². The predicted octanol–water partition coefficient (Wildman–Crippen LogP) is 4.92. The Morgan fingerprint density at radius 3 is 2.43 bits per heavy atom. The van der Waals surface area contributed by atoms with Crippen molar-refractivity contribution in [1.29, 1.82) is 0 Å². The van der Waals surface area contributed by atoms with E-state index >= 15 is 0 Å². The molecule has 0 bridgehead atoms. The molecule has 7 nitrogen and oxygen atoms in total. The Labute approximate surface area is 180 Å². The van der Waals surface area contributed by atoms with Gasteiger partial charge in [0, 0.05) is 23.4 Å². The number of aryl methyl sites for hydroxylation is 2. The van der Waals surface area contributed by atoms with E-state index in [1.54, 1.807) is 12.4 Å². The lowest BCUT2D eigenvalue weighted by atomic mass is 9.96. The highest BCUT2D eigenvalue weighted by Gasteiger charge is 2.22. The van der Waals surface area contributed by atoms with Gasteiger partial charge in [0.25, 0.3) is 0 Å². The van der Waals surface area contributed by atoms with E-state index in [2.05, 4.69) is 82.7 Å². The lowest BCUT2D eigenvalue weighted by molar-refractivity contribution is 0.372. The summed E-state index contributed by atoms with van der Waals surface area (Å²) in [4.78, 5) is 8.64. The van der Waals surface area contributed by atoms with Gasteiger partial charge >= 0.3 is 0 Å². The van der Waals surface area contributed by atoms with Gasteiger partial charge in [0.1, 0.15) is 0 Å². The van der Waals surface area contributed by atoms with E-state index in [0.29, 0.717) is 17.5 Å². The fourth-order valence-corrected chi connectivity index (χ4v) is 3.68. The van der Waals surface area contributed by atoms with Crippen molar-refractivity contribution in [3.8, 4) is 17.1 Å². The van der Waals surface area contributed by atoms with E-state index in [4.69, 9.17) is 4.52 Å². The minimum absolute atomic E-state index is 0.152. The number of hydrogen-bond acceptors (Lipinski definition) is 7. The molecule has 0 unspecified atom stereocenters. The van der Waals surface area contributed by atoms with Crippen LogP contribution in [0.1, 0.15) is 43.6 Å². The molecule has 0 aliphatic carbocycles. The molecule has 0 aliphatic rings. The van der Waals surface area contributed by atoms with E-state index in [1.165, 1.54) is 22.9 Å². The molecule has 0 N–H and O–H groups in total. The summed E-state index contributed by atoms with van der Waals surface area (Å²) in [6.07, 6.45) is 3.52. The Morgan fingerprint density at radius 1 is 1.00 bits per heavy atom. The third kappa shape index (κ3) is 4.14. The van der Waals surface area contributed by atoms with E-state index in [1.807, 2.05) is 12.1 Å². The lowest BCUT2D eigenvalue weighted by Gasteiger charge is -2.12. The SMILES string of the molecule is Cc1ccc(-n2c(SCc3nc(C(C)(C)C)no3)nnc2-c2ccncc2)cc1C. The maximum Gasteiger partial charge on any atom is 0.237 e. The monoisotopic (exact) mass is 420 g/mol. The summed E-state index contributed by atoms with van der Waals surface area (Å²) >= 11 is 1.52. The number of hydrogen-bond donors (Lipinski definition) is 0. The zero-order chi connectivity index (χ0) is 21.3. The van der Waals surface area contributed by atoms with Crippen LogP contribution in [0.3, 0.4) is 0 Å². The van der Waals surface area contributed by atoms with Crippen molar-refractivity contribution < 1.29 is 4.52 Å². The fraction of sp³-hybridized carbons (Fsp3) is 0.318. The number of nitrogens with zero attached hydrogens (tertiary/aromatic N) is 6. The second-order valence-electron chi connectivity index (χ2n) is 8.20. The molecular formula is C22H24N6OS. The molecule has 0 fully saturated rings. The molecule has 4 aromatic rings. The maximum atomic E-state index is 5.44. The molecule has 30 heavy (non-hydrogen) atoms. The van der Waals surface area contributed by atoms with E-state index in [9.17, 15) is 0 Å². The van der Waals surface area contributed by atoms with Crippen LogP contribution in [-0.4, -0.2) is 29.9 Å². The topological polar surface area (TPSA) is 82.5 Å². The Kier molecular flexibility index (Phi) is 5.42. The van der Waals surface area contributed by atoms with Crippen LogP contribution in [0, 0.1) is 13.8 Å².